The van der Waals surface area contributed by atoms with Gasteiger partial charge in [0.05, 0.1) is 12.1 Å². The van der Waals surface area contributed by atoms with Gasteiger partial charge >= 0.3 is 0 Å². The molecule has 1 aromatic rings. The average molecular weight is 457 g/mol. The third-order valence-electron chi connectivity index (χ3n) is 6.70. The number of halogens is 1. The predicted molar refractivity (Wildman–Crippen MR) is 135 cm³/mol. The summed E-state index contributed by atoms with van der Waals surface area (Å²) < 4.78 is 13.5. The topological polar surface area (TPSA) is 61.6 Å². The Morgan fingerprint density at radius 3 is 2.39 bits per heavy atom. The van der Waals surface area contributed by atoms with Crippen LogP contribution in [-0.2, 0) is 11.2 Å². The molecule has 0 aliphatic heterocycles. The third kappa shape index (κ3) is 7.74. The molecule has 1 aromatic carbocycles. The molecule has 0 spiro atoms. The molecule has 0 heterocycles. The van der Waals surface area contributed by atoms with Crippen molar-refractivity contribution in [3.05, 3.63) is 71.1 Å². The molecule has 1 aliphatic carbocycles. The van der Waals surface area contributed by atoms with Crippen LogP contribution < -0.4 is 11.1 Å². The molecule has 0 saturated heterocycles. The average Bonchev–Trinajstić information content (AvgIpc) is 3.49. The lowest BCUT2D eigenvalue weighted by Gasteiger charge is -2.27. The van der Waals surface area contributed by atoms with Crippen molar-refractivity contribution < 1.29 is 9.18 Å². The SMILES string of the molecule is C=C(/C(C)=C(\C=C(/C)N(C)C)C(=O)N[C@@H](Cc1ccccc1)C(N)CF)N(C)CC1CC1C. The zero-order valence-electron chi connectivity index (χ0n) is 21.1. The number of benzene rings is 1. The van der Waals surface area contributed by atoms with E-state index >= 15 is 0 Å². The lowest BCUT2D eigenvalue weighted by molar-refractivity contribution is -0.118. The number of amides is 1. The molecular formula is C27H41FN4O. The van der Waals surface area contributed by atoms with Crippen LogP contribution in [0, 0.1) is 11.8 Å². The van der Waals surface area contributed by atoms with Crippen molar-refractivity contribution in [2.24, 2.45) is 17.6 Å². The molecule has 3 N–H and O–H groups in total. The van der Waals surface area contributed by atoms with Crippen molar-refractivity contribution in [1.29, 1.82) is 0 Å². The lowest BCUT2D eigenvalue weighted by atomic mass is 9.98. The van der Waals surface area contributed by atoms with Gasteiger partial charge in [-0.15, -0.1) is 0 Å². The van der Waals surface area contributed by atoms with Crippen LogP contribution in [0.4, 0.5) is 4.39 Å². The van der Waals surface area contributed by atoms with Crippen LogP contribution in [0.5, 0.6) is 0 Å². The highest BCUT2D eigenvalue weighted by Crippen LogP contribution is 2.38. The van der Waals surface area contributed by atoms with Gasteiger partial charge in [0.25, 0.3) is 5.91 Å². The van der Waals surface area contributed by atoms with Crippen molar-refractivity contribution in [3.8, 4) is 0 Å². The van der Waals surface area contributed by atoms with E-state index in [4.69, 9.17) is 5.73 Å². The van der Waals surface area contributed by atoms with E-state index in [0.717, 1.165) is 35.0 Å². The summed E-state index contributed by atoms with van der Waals surface area (Å²) in [7, 11) is 5.89. The summed E-state index contributed by atoms with van der Waals surface area (Å²) in [5.41, 5.74) is 10.1. The van der Waals surface area contributed by atoms with E-state index in [1.807, 2.05) is 76.3 Å². The molecule has 0 aromatic heterocycles. The van der Waals surface area contributed by atoms with Crippen LogP contribution in [0.15, 0.2) is 65.5 Å². The fourth-order valence-electron chi connectivity index (χ4n) is 3.77. The maximum absolute atomic E-state index is 13.5. The molecular weight excluding hydrogens is 415 g/mol. The minimum atomic E-state index is -0.795. The standard InChI is InChI=1S/C27H41FN4O/c1-18-13-23(18)17-32(7)21(4)20(3)24(14-19(2)31(5)6)27(33)30-26(25(29)16-28)15-22-11-9-8-10-12-22/h8-12,14,18,23,25-26H,4,13,15-17,29H2,1-3,5-7H3,(H,30,33)/b19-14+,24-20+/t18?,23?,25?,26-/m0/s1. The first-order valence-corrected chi connectivity index (χ1v) is 11.7. The van der Waals surface area contributed by atoms with Gasteiger partial charge in [-0.3, -0.25) is 4.79 Å². The number of hydrogen-bond donors (Lipinski definition) is 2. The van der Waals surface area contributed by atoms with Crippen LogP contribution in [0.3, 0.4) is 0 Å². The summed E-state index contributed by atoms with van der Waals surface area (Å²) in [6.07, 6.45) is 3.56. The van der Waals surface area contributed by atoms with Crippen LogP contribution in [0.1, 0.15) is 32.8 Å². The Hall–Kier alpha value is -2.60. The van der Waals surface area contributed by atoms with Crippen molar-refractivity contribution >= 4 is 5.91 Å². The first kappa shape index (κ1) is 26.7. The third-order valence-corrected chi connectivity index (χ3v) is 6.70. The second-order valence-corrected chi connectivity index (χ2v) is 9.61. The molecule has 0 radical (unpaired) electrons. The van der Waals surface area contributed by atoms with Gasteiger partial charge in [-0.25, -0.2) is 4.39 Å². The Balaban J connectivity index is 2.31. The molecule has 4 atom stereocenters. The fraction of sp³-hybridized carbons (Fsp3) is 0.519. The van der Waals surface area contributed by atoms with Gasteiger partial charge in [-0.1, -0.05) is 43.8 Å². The van der Waals surface area contributed by atoms with Gasteiger partial charge in [0.1, 0.15) is 6.67 Å². The molecule has 1 amide bonds. The smallest absolute Gasteiger partial charge is 0.251 e. The number of allylic oxidation sites excluding steroid dienone is 2. The minimum Gasteiger partial charge on any atom is -0.381 e. The van der Waals surface area contributed by atoms with Crippen molar-refractivity contribution in [2.75, 3.05) is 34.4 Å². The molecule has 3 unspecified atom stereocenters. The largest absolute Gasteiger partial charge is 0.381 e. The number of nitrogens with zero attached hydrogens (tertiary/aromatic N) is 2. The summed E-state index contributed by atoms with van der Waals surface area (Å²) in [4.78, 5) is 17.6. The number of nitrogens with two attached hydrogens (primary N) is 1. The molecule has 1 aliphatic rings. The second kappa shape index (κ2) is 12.0. The number of nitrogens with one attached hydrogen (secondary N) is 1. The number of carbonyl (C=O) groups excluding carboxylic acids is 1. The molecule has 33 heavy (non-hydrogen) atoms. The molecule has 182 valence electrons. The van der Waals surface area contributed by atoms with Crippen molar-refractivity contribution in [3.63, 3.8) is 0 Å². The van der Waals surface area contributed by atoms with Gasteiger partial charge in [0, 0.05) is 44.7 Å². The molecule has 6 heteroatoms. The van der Waals surface area contributed by atoms with Crippen LogP contribution in [0.25, 0.3) is 0 Å². The maximum atomic E-state index is 13.5. The summed E-state index contributed by atoms with van der Waals surface area (Å²) in [6.45, 7) is 10.6. The van der Waals surface area contributed by atoms with E-state index in [9.17, 15) is 9.18 Å². The Kier molecular flexibility index (Phi) is 9.71. The molecule has 0 bridgehead atoms. The van der Waals surface area contributed by atoms with E-state index in [2.05, 4.69) is 23.7 Å². The van der Waals surface area contributed by atoms with Crippen molar-refractivity contribution in [1.82, 2.24) is 15.1 Å². The van der Waals surface area contributed by atoms with Gasteiger partial charge < -0.3 is 20.9 Å². The molecule has 1 fully saturated rings. The van der Waals surface area contributed by atoms with E-state index in [-0.39, 0.29) is 5.91 Å². The van der Waals surface area contributed by atoms with Gasteiger partial charge in [-0.2, -0.15) is 0 Å². The van der Waals surface area contributed by atoms with Crippen molar-refractivity contribution in [2.45, 2.75) is 45.7 Å². The first-order chi connectivity index (χ1) is 15.5. The number of likely N-dealkylation sites (N-methyl/N-ethyl adjacent to an activating group) is 1. The fourth-order valence-corrected chi connectivity index (χ4v) is 3.77. The zero-order chi connectivity index (χ0) is 24.7. The predicted octanol–water partition coefficient (Wildman–Crippen LogP) is 3.89. The Morgan fingerprint density at radius 2 is 1.88 bits per heavy atom. The molecule has 2 rings (SSSR count). The quantitative estimate of drug-likeness (QED) is 0.370. The summed E-state index contributed by atoms with van der Waals surface area (Å²) >= 11 is 0. The van der Waals surface area contributed by atoms with E-state index in [0.29, 0.717) is 17.9 Å². The van der Waals surface area contributed by atoms with Crippen LogP contribution in [0.2, 0.25) is 0 Å². The van der Waals surface area contributed by atoms with Crippen LogP contribution >= 0.6 is 0 Å². The van der Waals surface area contributed by atoms with Crippen LogP contribution in [-0.4, -0.2) is 62.2 Å². The summed E-state index contributed by atoms with van der Waals surface area (Å²) in [5.74, 6) is 1.14. The van der Waals surface area contributed by atoms with E-state index in [1.165, 1.54) is 6.42 Å². The van der Waals surface area contributed by atoms with Gasteiger partial charge in [-0.05, 0) is 55.7 Å². The lowest BCUT2D eigenvalue weighted by Crippen LogP contribution is -2.50. The number of alkyl halides is 1. The van der Waals surface area contributed by atoms with E-state index < -0.39 is 18.8 Å². The Labute approximate surface area is 199 Å². The number of rotatable bonds is 12. The highest BCUT2D eigenvalue weighted by atomic mass is 19.1. The minimum absolute atomic E-state index is 0.270. The number of hydrogen-bond acceptors (Lipinski definition) is 4. The molecule has 1 saturated carbocycles. The highest BCUT2D eigenvalue weighted by molar-refractivity contribution is 5.98. The molecule has 5 nitrogen and oxygen atoms in total. The highest BCUT2D eigenvalue weighted by Gasteiger charge is 2.33. The maximum Gasteiger partial charge on any atom is 0.251 e. The monoisotopic (exact) mass is 456 g/mol. The summed E-state index contributed by atoms with van der Waals surface area (Å²) in [6, 6.07) is 8.37. The zero-order valence-corrected chi connectivity index (χ0v) is 21.1. The Bertz CT molecular complexity index is 877. The second-order valence-electron chi connectivity index (χ2n) is 9.61. The Morgan fingerprint density at radius 1 is 1.27 bits per heavy atom. The number of carbonyl (C=O) groups is 1. The normalized spacial score (nSPS) is 20.4. The summed E-state index contributed by atoms with van der Waals surface area (Å²) in [5, 5.41) is 3.01. The van der Waals surface area contributed by atoms with Gasteiger partial charge in [0.15, 0.2) is 0 Å². The first-order valence-electron chi connectivity index (χ1n) is 11.7. The van der Waals surface area contributed by atoms with Gasteiger partial charge in [0.2, 0.25) is 0 Å². The van der Waals surface area contributed by atoms with E-state index in [1.54, 1.807) is 0 Å².